The average molecular weight is 190 g/mol. The zero-order valence-corrected chi connectivity index (χ0v) is 8.07. The number of allylic oxidation sites excluding steroid dienone is 2. The van der Waals surface area contributed by atoms with Gasteiger partial charge in [0.1, 0.15) is 0 Å². The third-order valence-electron chi connectivity index (χ3n) is 3.42. The van der Waals surface area contributed by atoms with Gasteiger partial charge in [-0.25, -0.2) is 5.43 Å². The predicted molar refractivity (Wildman–Crippen MR) is 53.7 cm³/mol. The number of fused-ring (bicyclic) bond motifs is 1. The van der Waals surface area contributed by atoms with Gasteiger partial charge in [0.05, 0.1) is 0 Å². The Morgan fingerprint density at radius 1 is 1.50 bits per heavy atom. The Labute approximate surface area is 83.3 Å². The first-order valence-electron chi connectivity index (χ1n) is 5.37. The Balaban J connectivity index is 1.56. The van der Waals surface area contributed by atoms with Gasteiger partial charge in [-0.05, 0) is 31.6 Å². The van der Waals surface area contributed by atoms with E-state index in [9.17, 15) is 4.79 Å². The van der Waals surface area contributed by atoms with Crippen LogP contribution in [0.5, 0.6) is 0 Å². The van der Waals surface area contributed by atoms with Crippen molar-refractivity contribution in [1.29, 1.82) is 0 Å². The van der Waals surface area contributed by atoms with E-state index < -0.39 is 0 Å². The maximum atomic E-state index is 11.3. The first-order valence-corrected chi connectivity index (χ1v) is 5.37. The van der Waals surface area contributed by atoms with E-state index in [0.717, 1.165) is 25.7 Å². The van der Waals surface area contributed by atoms with Crippen LogP contribution in [-0.2, 0) is 4.79 Å². The van der Waals surface area contributed by atoms with Crippen molar-refractivity contribution >= 4 is 11.6 Å². The molecule has 0 bridgehead atoms. The molecule has 0 aromatic carbocycles. The summed E-state index contributed by atoms with van der Waals surface area (Å²) in [6.07, 6.45) is 8.75. The van der Waals surface area contributed by atoms with E-state index in [1.165, 1.54) is 5.71 Å². The molecule has 1 N–H and O–H groups in total. The van der Waals surface area contributed by atoms with Crippen molar-refractivity contribution in [3.63, 3.8) is 0 Å². The summed E-state index contributed by atoms with van der Waals surface area (Å²) in [5.74, 6) is 1.70. The van der Waals surface area contributed by atoms with Crippen LogP contribution in [0.25, 0.3) is 0 Å². The molecule has 3 aliphatic carbocycles. The summed E-state index contributed by atoms with van der Waals surface area (Å²) in [7, 11) is 0. The lowest BCUT2D eigenvalue weighted by Crippen LogP contribution is -2.35. The third kappa shape index (κ3) is 1.27. The van der Waals surface area contributed by atoms with Crippen molar-refractivity contribution in [1.82, 2.24) is 5.43 Å². The van der Waals surface area contributed by atoms with E-state index in [4.69, 9.17) is 0 Å². The van der Waals surface area contributed by atoms with Crippen molar-refractivity contribution < 1.29 is 4.79 Å². The second kappa shape index (κ2) is 2.94. The van der Waals surface area contributed by atoms with E-state index in [-0.39, 0.29) is 11.8 Å². The molecule has 2 saturated carbocycles. The number of amides is 1. The van der Waals surface area contributed by atoms with Crippen LogP contribution in [-0.4, -0.2) is 11.6 Å². The van der Waals surface area contributed by atoms with Crippen LogP contribution in [0.15, 0.2) is 17.3 Å². The zero-order valence-electron chi connectivity index (χ0n) is 8.07. The van der Waals surface area contributed by atoms with Gasteiger partial charge < -0.3 is 0 Å². The molecule has 0 heterocycles. The van der Waals surface area contributed by atoms with Crippen LogP contribution in [0.2, 0.25) is 0 Å². The SMILES string of the molecule is O=C(NN=C1CC2C=CCC12)C1CC1. The lowest BCUT2D eigenvalue weighted by atomic mass is 9.74. The Morgan fingerprint density at radius 3 is 3.07 bits per heavy atom. The molecule has 14 heavy (non-hydrogen) atoms. The highest BCUT2D eigenvalue weighted by atomic mass is 16.2. The van der Waals surface area contributed by atoms with Gasteiger partial charge in [0.15, 0.2) is 0 Å². The van der Waals surface area contributed by atoms with Gasteiger partial charge in [0.25, 0.3) is 0 Å². The Hall–Kier alpha value is -1.12. The van der Waals surface area contributed by atoms with E-state index in [0.29, 0.717) is 11.8 Å². The Morgan fingerprint density at radius 2 is 2.36 bits per heavy atom. The van der Waals surface area contributed by atoms with Crippen LogP contribution in [0, 0.1) is 17.8 Å². The highest BCUT2D eigenvalue weighted by Crippen LogP contribution is 2.40. The highest BCUT2D eigenvalue weighted by molar-refractivity contribution is 5.95. The molecule has 2 fully saturated rings. The van der Waals surface area contributed by atoms with Crippen LogP contribution in [0.3, 0.4) is 0 Å². The molecular weight excluding hydrogens is 176 g/mol. The minimum Gasteiger partial charge on any atom is -0.273 e. The molecular formula is C11H14N2O. The summed E-state index contributed by atoms with van der Waals surface area (Å²) < 4.78 is 0. The fraction of sp³-hybridized carbons (Fsp3) is 0.636. The molecule has 3 aliphatic rings. The number of carbonyl (C=O) groups is 1. The molecule has 0 saturated heterocycles. The molecule has 2 atom stereocenters. The topological polar surface area (TPSA) is 41.5 Å². The second-order valence-electron chi connectivity index (χ2n) is 4.49. The van der Waals surface area contributed by atoms with Gasteiger partial charge in [-0.15, -0.1) is 0 Å². The van der Waals surface area contributed by atoms with Crippen molar-refractivity contribution in [2.75, 3.05) is 0 Å². The Kier molecular flexibility index (Phi) is 1.72. The van der Waals surface area contributed by atoms with E-state index in [1.807, 2.05) is 0 Å². The number of nitrogens with zero attached hydrogens (tertiary/aromatic N) is 1. The van der Waals surface area contributed by atoms with Gasteiger partial charge in [0.2, 0.25) is 5.91 Å². The number of hydrogen-bond acceptors (Lipinski definition) is 2. The van der Waals surface area contributed by atoms with Gasteiger partial charge >= 0.3 is 0 Å². The molecule has 3 rings (SSSR count). The van der Waals surface area contributed by atoms with Crippen molar-refractivity contribution in [2.24, 2.45) is 22.9 Å². The number of hydrazone groups is 1. The van der Waals surface area contributed by atoms with Crippen LogP contribution in [0.1, 0.15) is 25.7 Å². The third-order valence-corrected chi connectivity index (χ3v) is 3.42. The van der Waals surface area contributed by atoms with Crippen molar-refractivity contribution in [2.45, 2.75) is 25.7 Å². The fourth-order valence-electron chi connectivity index (χ4n) is 2.23. The smallest absolute Gasteiger partial charge is 0.243 e. The average Bonchev–Trinajstić information content (AvgIpc) is 2.92. The molecule has 0 aromatic heterocycles. The summed E-state index contributed by atoms with van der Waals surface area (Å²) >= 11 is 0. The standard InChI is InChI=1S/C11H14N2O/c14-11(7-4-5-7)13-12-10-6-8-2-1-3-9(8)10/h1-2,7-9H,3-6H2,(H,13,14). The molecule has 2 unspecified atom stereocenters. The lowest BCUT2D eigenvalue weighted by Gasteiger charge is -2.31. The molecule has 3 nitrogen and oxygen atoms in total. The second-order valence-corrected chi connectivity index (χ2v) is 4.49. The van der Waals surface area contributed by atoms with Crippen LogP contribution in [0.4, 0.5) is 0 Å². The molecule has 3 heteroatoms. The maximum absolute atomic E-state index is 11.3. The highest BCUT2D eigenvalue weighted by Gasteiger charge is 2.38. The lowest BCUT2D eigenvalue weighted by molar-refractivity contribution is -0.122. The molecule has 0 spiro atoms. The van der Waals surface area contributed by atoms with E-state index in [2.05, 4.69) is 22.7 Å². The minimum atomic E-state index is 0.118. The molecule has 1 amide bonds. The van der Waals surface area contributed by atoms with Gasteiger partial charge in [-0.3, -0.25) is 4.79 Å². The number of rotatable bonds is 2. The molecule has 0 aromatic rings. The van der Waals surface area contributed by atoms with Crippen LogP contribution >= 0.6 is 0 Å². The minimum absolute atomic E-state index is 0.118. The summed E-state index contributed by atoms with van der Waals surface area (Å²) in [6.45, 7) is 0. The maximum Gasteiger partial charge on any atom is 0.243 e. The molecule has 0 radical (unpaired) electrons. The summed E-state index contributed by atoms with van der Waals surface area (Å²) in [5, 5.41) is 4.21. The van der Waals surface area contributed by atoms with Gasteiger partial charge in [-0.1, -0.05) is 12.2 Å². The largest absolute Gasteiger partial charge is 0.273 e. The first kappa shape index (κ1) is 8.21. The number of carbonyl (C=O) groups excluding carboxylic acids is 1. The number of nitrogens with one attached hydrogen (secondary N) is 1. The normalized spacial score (nSPS) is 36.7. The van der Waals surface area contributed by atoms with Crippen molar-refractivity contribution in [3.8, 4) is 0 Å². The summed E-state index contributed by atoms with van der Waals surface area (Å²) in [4.78, 5) is 11.3. The Bertz CT molecular complexity index is 328. The van der Waals surface area contributed by atoms with E-state index >= 15 is 0 Å². The number of hydrogen-bond donors (Lipinski definition) is 1. The van der Waals surface area contributed by atoms with Crippen molar-refractivity contribution in [3.05, 3.63) is 12.2 Å². The molecule has 74 valence electrons. The van der Waals surface area contributed by atoms with Gasteiger partial charge in [0, 0.05) is 17.5 Å². The quantitative estimate of drug-likeness (QED) is 0.520. The summed E-state index contributed by atoms with van der Waals surface area (Å²) in [5.41, 5.74) is 3.87. The van der Waals surface area contributed by atoms with E-state index in [1.54, 1.807) is 0 Å². The predicted octanol–water partition coefficient (Wildman–Crippen LogP) is 1.46. The summed E-state index contributed by atoms with van der Waals surface area (Å²) in [6, 6.07) is 0. The van der Waals surface area contributed by atoms with Crippen LogP contribution < -0.4 is 5.43 Å². The monoisotopic (exact) mass is 190 g/mol. The van der Waals surface area contributed by atoms with Gasteiger partial charge in [-0.2, -0.15) is 5.10 Å². The zero-order chi connectivity index (χ0) is 9.54. The fourth-order valence-corrected chi connectivity index (χ4v) is 2.23. The molecule has 0 aliphatic heterocycles. The first-order chi connectivity index (χ1) is 6.84.